The van der Waals surface area contributed by atoms with E-state index in [-0.39, 0.29) is 5.69 Å². The number of amides is 1. The number of para-hydroxylation sites is 1. The molecule has 0 aliphatic heterocycles. The van der Waals surface area contributed by atoms with E-state index < -0.39 is 28.3 Å². The smallest absolute Gasteiger partial charge is 0.260 e. The Kier molecular flexibility index (Phi) is 5.70. The summed E-state index contributed by atoms with van der Waals surface area (Å²) in [4.78, 5) is 12.2. The van der Waals surface area contributed by atoms with Gasteiger partial charge in [0.05, 0.1) is 18.2 Å². The van der Waals surface area contributed by atoms with E-state index in [1.165, 1.54) is 24.4 Å². The van der Waals surface area contributed by atoms with Crippen molar-refractivity contribution in [3.63, 3.8) is 0 Å². The number of carbonyl (C=O) groups is 1. The molecule has 0 atom stereocenters. The maximum Gasteiger partial charge on any atom is 0.260 e. The standard InChI is InChI=1S/C20H18FN3O3S/c1-28(26,27)24(19-12-5-4-11-18(19)21)14-20(25)23-22-13-16-9-6-8-15-7-2-3-10-17(15)16/h2-13H,14H2,1H3,(H,23,25)/b22-13-. The Bertz CT molecular complexity index is 1140. The molecule has 0 bridgehead atoms. The maximum atomic E-state index is 14.0. The predicted octanol–water partition coefficient (Wildman–Crippen LogP) is 2.90. The first-order valence-electron chi connectivity index (χ1n) is 8.38. The maximum absolute atomic E-state index is 14.0. The number of benzene rings is 3. The number of halogens is 1. The first-order valence-corrected chi connectivity index (χ1v) is 10.2. The summed E-state index contributed by atoms with van der Waals surface area (Å²) < 4.78 is 38.7. The van der Waals surface area contributed by atoms with Crippen LogP contribution in [0.15, 0.2) is 71.8 Å². The van der Waals surface area contributed by atoms with Crippen molar-refractivity contribution in [2.24, 2.45) is 5.10 Å². The number of hydrazone groups is 1. The number of hydrogen-bond acceptors (Lipinski definition) is 4. The highest BCUT2D eigenvalue weighted by Gasteiger charge is 2.23. The molecule has 144 valence electrons. The summed E-state index contributed by atoms with van der Waals surface area (Å²) in [5.41, 5.74) is 2.89. The Morgan fingerprint density at radius 2 is 1.75 bits per heavy atom. The highest BCUT2D eigenvalue weighted by atomic mass is 32.2. The van der Waals surface area contributed by atoms with Crippen LogP contribution in [0.3, 0.4) is 0 Å². The molecule has 8 heteroatoms. The molecular formula is C20H18FN3O3S. The van der Waals surface area contributed by atoms with Crippen molar-refractivity contribution in [2.75, 3.05) is 17.1 Å². The molecule has 0 saturated carbocycles. The number of anilines is 1. The van der Waals surface area contributed by atoms with Crippen molar-refractivity contribution >= 4 is 38.6 Å². The third kappa shape index (κ3) is 4.52. The minimum atomic E-state index is -3.86. The second kappa shape index (κ2) is 8.18. The van der Waals surface area contributed by atoms with E-state index >= 15 is 0 Å². The molecule has 1 N–H and O–H groups in total. The Balaban J connectivity index is 1.75. The lowest BCUT2D eigenvalue weighted by Crippen LogP contribution is -2.39. The second-order valence-corrected chi connectivity index (χ2v) is 7.99. The molecule has 0 saturated heterocycles. The normalized spacial score (nSPS) is 11.6. The van der Waals surface area contributed by atoms with Crippen LogP contribution in [0.5, 0.6) is 0 Å². The van der Waals surface area contributed by atoms with Gasteiger partial charge in [0, 0.05) is 5.56 Å². The average Bonchev–Trinajstić information content (AvgIpc) is 2.66. The van der Waals surface area contributed by atoms with E-state index in [0.717, 1.165) is 28.7 Å². The van der Waals surface area contributed by atoms with Crippen LogP contribution in [0.2, 0.25) is 0 Å². The number of sulfonamides is 1. The highest BCUT2D eigenvalue weighted by Crippen LogP contribution is 2.21. The molecule has 0 aliphatic rings. The Labute approximate surface area is 162 Å². The van der Waals surface area contributed by atoms with Crippen LogP contribution in [0, 0.1) is 5.82 Å². The fourth-order valence-corrected chi connectivity index (χ4v) is 3.59. The molecule has 3 aromatic rings. The van der Waals surface area contributed by atoms with Crippen LogP contribution in [0.1, 0.15) is 5.56 Å². The first-order chi connectivity index (χ1) is 13.4. The summed E-state index contributed by atoms with van der Waals surface area (Å²) in [5.74, 6) is -1.43. The second-order valence-electron chi connectivity index (χ2n) is 6.08. The van der Waals surface area contributed by atoms with E-state index in [0.29, 0.717) is 4.31 Å². The Morgan fingerprint density at radius 1 is 1.07 bits per heavy atom. The van der Waals surface area contributed by atoms with Gasteiger partial charge < -0.3 is 0 Å². The highest BCUT2D eigenvalue weighted by molar-refractivity contribution is 7.92. The minimum Gasteiger partial charge on any atom is -0.271 e. The van der Waals surface area contributed by atoms with Gasteiger partial charge in [-0.05, 0) is 22.9 Å². The molecule has 0 fully saturated rings. The zero-order valence-electron chi connectivity index (χ0n) is 15.0. The van der Waals surface area contributed by atoms with Crippen molar-refractivity contribution in [3.8, 4) is 0 Å². The zero-order valence-corrected chi connectivity index (χ0v) is 15.9. The van der Waals surface area contributed by atoms with Gasteiger partial charge in [-0.25, -0.2) is 18.2 Å². The number of fused-ring (bicyclic) bond motifs is 1. The van der Waals surface area contributed by atoms with Gasteiger partial charge in [-0.2, -0.15) is 5.10 Å². The lowest BCUT2D eigenvalue weighted by atomic mass is 10.1. The summed E-state index contributed by atoms with van der Waals surface area (Å²) in [7, 11) is -3.86. The molecule has 0 aromatic heterocycles. The predicted molar refractivity (Wildman–Crippen MR) is 108 cm³/mol. The number of nitrogens with zero attached hydrogens (tertiary/aromatic N) is 2. The number of carbonyl (C=O) groups excluding carboxylic acids is 1. The van der Waals surface area contributed by atoms with Crippen LogP contribution in [0.4, 0.5) is 10.1 Å². The fourth-order valence-electron chi connectivity index (χ4n) is 2.74. The van der Waals surface area contributed by atoms with Gasteiger partial charge in [0.15, 0.2) is 0 Å². The molecule has 0 unspecified atom stereocenters. The summed E-state index contributed by atoms with van der Waals surface area (Å²) in [6, 6.07) is 18.8. The molecule has 3 rings (SSSR count). The van der Waals surface area contributed by atoms with Gasteiger partial charge in [0.2, 0.25) is 10.0 Å². The van der Waals surface area contributed by atoms with Gasteiger partial charge in [0.25, 0.3) is 5.91 Å². The summed E-state index contributed by atoms with van der Waals surface area (Å²) in [6.45, 7) is -0.591. The third-order valence-electron chi connectivity index (χ3n) is 4.02. The molecular weight excluding hydrogens is 381 g/mol. The number of nitrogens with one attached hydrogen (secondary N) is 1. The van der Waals surface area contributed by atoms with Crippen molar-refractivity contribution in [2.45, 2.75) is 0 Å². The topological polar surface area (TPSA) is 78.8 Å². The van der Waals surface area contributed by atoms with Crippen molar-refractivity contribution < 1.29 is 17.6 Å². The van der Waals surface area contributed by atoms with E-state index in [2.05, 4.69) is 10.5 Å². The largest absolute Gasteiger partial charge is 0.271 e. The van der Waals surface area contributed by atoms with Gasteiger partial charge in [-0.15, -0.1) is 0 Å². The van der Waals surface area contributed by atoms with Crippen LogP contribution in [0.25, 0.3) is 10.8 Å². The zero-order chi connectivity index (χ0) is 20.1. The minimum absolute atomic E-state index is 0.196. The molecule has 0 heterocycles. The fraction of sp³-hybridized carbons (Fsp3) is 0.100. The summed E-state index contributed by atoms with van der Waals surface area (Å²) in [5, 5.41) is 5.90. The van der Waals surface area contributed by atoms with E-state index in [4.69, 9.17) is 0 Å². The van der Waals surface area contributed by atoms with Crippen LogP contribution < -0.4 is 9.73 Å². The van der Waals surface area contributed by atoms with Crippen LogP contribution >= 0.6 is 0 Å². The van der Waals surface area contributed by atoms with E-state index in [1.807, 2.05) is 42.5 Å². The lowest BCUT2D eigenvalue weighted by Gasteiger charge is -2.21. The quantitative estimate of drug-likeness (QED) is 0.511. The summed E-state index contributed by atoms with van der Waals surface area (Å²) in [6.07, 6.45) is 2.39. The molecule has 1 amide bonds. The molecule has 28 heavy (non-hydrogen) atoms. The van der Waals surface area contributed by atoms with Gasteiger partial charge in [-0.1, -0.05) is 54.6 Å². The van der Waals surface area contributed by atoms with E-state index in [9.17, 15) is 17.6 Å². The molecule has 3 aromatic carbocycles. The lowest BCUT2D eigenvalue weighted by molar-refractivity contribution is -0.119. The first kappa shape index (κ1) is 19.5. The molecule has 6 nitrogen and oxygen atoms in total. The monoisotopic (exact) mass is 399 g/mol. The van der Waals surface area contributed by atoms with E-state index in [1.54, 1.807) is 0 Å². The average molecular weight is 399 g/mol. The summed E-state index contributed by atoms with van der Waals surface area (Å²) >= 11 is 0. The Hall–Kier alpha value is -3.26. The van der Waals surface area contributed by atoms with Gasteiger partial charge in [-0.3, -0.25) is 9.10 Å². The molecule has 0 radical (unpaired) electrons. The Morgan fingerprint density at radius 3 is 2.50 bits per heavy atom. The number of rotatable bonds is 6. The van der Waals surface area contributed by atoms with Gasteiger partial charge in [0.1, 0.15) is 12.4 Å². The van der Waals surface area contributed by atoms with Gasteiger partial charge >= 0.3 is 0 Å². The van der Waals surface area contributed by atoms with Crippen molar-refractivity contribution in [3.05, 3.63) is 78.1 Å². The number of hydrogen-bond donors (Lipinski definition) is 1. The van der Waals surface area contributed by atoms with Crippen molar-refractivity contribution in [1.29, 1.82) is 0 Å². The van der Waals surface area contributed by atoms with Crippen LogP contribution in [-0.2, 0) is 14.8 Å². The van der Waals surface area contributed by atoms with Crippen molar-refractivity contribution in [1.82, 2.24) is 5.43 Å². The van der Waals surface area contributed by atoms with Crippen LogP contribution in [-0.4, -0.2) is 33.3 Å². The SMILES string of the molecule is CS(=O)(=O)N(CC(=O)N/N=C\c1cccc2ccccc12)c1ccccc1F. The molecule has 0 aliphatic carbocycles. The third-order valence-corrected chi connectivity index (χ3v) is 5.15. The molecule has 0 spiro atoms.